The lowest BCUT2D eigenvalue weighted by Crippen LogP contribution is -2.51. The van der Waals surface area contributed by atoms with E-state index in [0.29, 0.717) is 90.5 Å². The zero-order valence-electron chi connectivity index (χ0n) is 25.2. The average Bonchev–Trinajstić information content (AvgIpc) is 3.42. The number of nitrogens with one attached hydrogen (secondary N) is 1. The number of benzene rings is 1. The van der Waals surface area contributed by atoms with Gasteiger partial charge in [-0.2, -0.15) is 13.2 Å². The number of halogens is 3. The Labute approximate surface area is 250 Å². The van der Waals surface area contributed by atoms with E-state index in [1.54, 1.807) is 12.0 Å². The first-order valence-electron chi connectivity index (χ1n) is 15.1. The maximum absolute atomic E-state index is 14.1. The van der Waals surface area contributed by atoms with Gasteiger partial charge in [0.2, 0.25) is 5.91 Å². The van der Waals surface area contributed by atoms with Crippen LogP contribution in [0.25, 0.3) is 5.69 Å². The number of rotatable bonds is 12. The highest BCUT2D eigenvalue weighted by Gasteiger charge is 2.34. The van der Waals surface area contributed by atoms with Crippen LogP contribution in [0.15, 0.2) is 24.3 Å². The van der Waals surface area contributed by atoms with Crippen LogP contribution in [0.3, 0.4) is 0 Å². The molecule has 0 unspecified atom stereocenters. The van der Waals surface area contributed by atoms with Crippen molar-refractivity contribution < 1.29 is 32.2 Å². The van der Waals surface area contributed by atoms with Crippen molar-refractivity contribution in [1.82, 2.24) is 30.1 Å². The number of aromatic nitrogens is 3. The molecule has 4 rings (SSSR count). The summed E-state index contributed by atoms with van der Waals surface area (Å²) in [4.78, 5) is 30.9. The van der Waals surface area contributed by atoms with Crippen molar-refractivity contribution in [1.29, 1.82) is 0 Å². The fraction of sp³-hybridized carbons (Fsp3) is 0.667. The number of piperidine rings is 1. The molecule has 1 aromatic carbocycles. The van der Waals surface area contributed by atoms with Gasteiger partial charge in [0.1, 0.15) is 0 Å². The Morgan fingerprint density at radius 3 is 2.65 bits per heavy atom. The lowest BCUT2D eigenvalue weighted by atomic mass is 9.88. The van der Waals surface area contributed by atoms with Crippen molar-refractivity contribution in [2.45, 2.75) is 45.7 Å². The van der Waals surface area contributed by atoms with E-state index < -0.39 is 11.7 Å². The summed E-state index contributed by atoms with van der Waals surface area (Å²) in [7, 11) is 1.60. The normalized spacial score (nSPS) is 19.6. The molecule has 10 nitrogen and oxygen atoms in total. The number of unbranched alkanes of at least 4 members (excludes halogenated alkanes) is 1. The third kappa shape index (κ3) is 8.76. The van der Waals surface area contributed by atoms with E-state index in [1.165, 1.54) is 16.8 Å². The molecule has 238 valence electrons. The molecule has 43 heavy (non-hydrogen) atoms. The fourth-order valence-electron chi connectivity index (χ4n) is 5.79. The van der Waals surface area contributed by atoms with Gasteiger partial charge in [-0.05, 0) is 62.3 Å². The molecule has 2 atom stereocenters. The van der Waals surface area contributed by atoms with Gasteiger partial charge in [-0.15, -0.1) is 5.10 Å². The van der Waals surface area contributed by atoms with Gasteiger partial charge < -0.3 is 24.6 Å². The fourth-order valence-corrected chi connectivity index (χ4v) is 5.79. The predicted molar refractivity (Wildman–Crippen MR) is 154 cm³/mol. The molecule has 0 radical (unpaired) electrons. The third-order valence-corrected chi connectivity index (χ3v) is 7.86. The van der Waals surface area contributed by atoms with E-state index in [4.69, 9.17) is 9.47 Å². The zero-order chi connectivity index (χ0) is 31.0. The van der Waals surface area contributed by atoms with Gasteiger partial charge in [0.15, 0.2) is 5.69 Å². The number of hydrogen-bond donors (Lipinski definition) is 1. The summed E-state index contributed by atoms with van der Waals surface area (Å²) < 4.78 is 52.4. The molecule has 0 aliphatic carbocycles. The number of carbonyl (C=O) groups excluding carboxylic acids is 2. The SMILES string of the molecule is COCCCCc1c(C(=O)N(CC(C)C)C[C@@H]2CNC[C@H](C(=O)N3CCOCC3)C2)nnn1-c1cccc(C(F)(F)F)c1. The van der Waals surface area contributed by atoms with E-state index in [1.807, 2.05) is 18.7 Å². The number of amides is 2. The monoisotopic (exact) mass is 608 g/mol. The lowest BCUT2D eigenvalue weighted by molar-refractivity contribution is -0.140. The summed E-state index contributed by atoms with van der Waals surface area (Å²) in [5.41, 5.74) is 0.00195. The molecular weight excluding hydrogens is 565 g/mol. The average molecular weight is 609 g/mol. The van der Waals surface area contributed by atoms with Gasteiger partial charge in [0, 0.05) is 46.4 Å². The summed E-state index contributed by atoms with van der Waals surface area (Å²) in [5.74, 6) is -0.157. The summed E-state index contributed by atoms with van der Waals surface area (Å²) in [6.07, 6.45) is -2.12. The van der Waals surface area contributed by atoms with Crippen molar-refractivity contribution >= 4 is 11.8 Å². The first kappa shape index (κ1) is 32.9. The Balaban J connectivity index is 1.57. The van der Waals surface area contributed by atoms with Crippen LogP contribution in [-0.2, 0) is 26.9 Å². The van der Waals surface area contributed by atoms with E-state index >= 15 is 0 Å². The molecule has 2 aromatic rings. The smallest absolute Gasteiger partial charge is 0.385 e. The van der Waals surface area contributed by atoms with Crippen LogP contribution in [0.1, 0.15) is 54.9 Å². The Bertz CT molecular complexity index is 1210. The molecular formula is C30H43F3N6O4. The Hall–Kier alpha value is -3.03. The van der Waals surface area contributed by atoms with Crippen LogP contribution in [0.5, 0.6) is 0 Å². The summed E-state index contributed by atoms with van der Waals surface area (Å²) in [5, 5.41) is 11.8. The number of hydrogen-bond acceptors (Lipinski definition) is 7. The first-order chi connectivity index (χ1) is 20.6. The van der Waals surface area contributed by atoms with Gasteiger partial charge in [-0.1, -0.05) is 25.1 Å². The summed E-state index contributed by atoms with van der Waals surface area (Å²) >= 11 is 0. The van der Waals surface area contributed by atoms with Gasteiger partial charge in [0.05, 0.1) is 36.1 Å². The van der Waals surface area contributed by atoms with E-state index in [2.05, 4.69) is 15.6 Å². The zero-order valence-corrected chi connectivity index (χ0v) is 25.2. The van der Waals surface area contributed by atoms with Crippen molar-refractivity contribution in [3.63, 3.8) is 0 Å². The quantitative estimate of drug-likeness (QED) is 0.369. The van der Waals surface area contributed by atoms with Gasteiger partial charge in [0.25, 0.3) is 5.91 Å². The number of carbonyl (C=O) groups is 2. The Morgan fingerprint density at radius 2 is 1.95 bits per heavy atom. The summed E-state index contributed by atoms with van der Waals surface area (Å²) in [6.45, 7) is 9.00. The molecule has 2 aliphatic heterocycles. The second kappa shape index (κ2) is 15.1. The van der Waals surface area contributed by atoms with Crippen molar-refractivity contribution in [3.8, 4) is 5.69 Å². The highest BCUT2D eigenvalue weighted by molar-refractivity contribution is 5.93. The first-order valence-corrected chi connectivity index (χ1v) is 15.1. The molecule has 1 N–H and O–H groups in total. The number of alkyl halides is 3. The van der Waals surface area contributed by atoms with Crippen LogP contribution in [0, 0.1) is 17.8 Å². The molecule has 2 fully saturated rings. The molecule has 0 bridgehead atoms. The predicted octanol–water partition coefficient (Wildman–Crippen LogP) is 3.44. The summed E-state index contributed by atoms with van der Waals surface area (Å²) in [6, 6.07) is 4.88. The van der Waals surface area contributed by atoms with Crippen LogP contribution in [0.2, 0.25) is 0 Å². The second-order valence-electron chi connectivity index (χ2n) is 11.8. The molecule has 0 saturated carbocycles. The molecule has 2 amide bonds. The number of ether oxygens (including phenoxy) is 2. The molecule has 0 spiro atoms. The molecule has 2 aliphatic rings. The van der Waals surface area contributed by atoms with Crippen LogP contribution >= 0.6 is 0 Å². The van der Waals surface area contributed by atoms with E-state index in [9.17, 15) is 22.8 Å². The van der Waals surface area contributed by atoms with Crippen molar-refractivity contribution in [3.05, 3.63) is 41.2 Å². The number of morpholine rings is 1. The Kier molecular flexibility index (Phi) is 11.6. The highest BCUT2D eigenvalue weighted by Crippen LogP contribution is 2.31. The molecule has 13 heteroatoms. The van der Waals surface area contributed by atoms with Crippen molar-refractivity contribution in [2.24, 2.45) is 17.8 Å². The number of nitrogens with zero attached hydrogens (tertiary/aromatic N) is 5. The Morgan fingerprint density at radius 1 is 1.19 bits per heavy atom. The molecule has 2 saturated heterocycles. The van der Waals surface area contributed by atoms with Gasteiger partial charge in [-0.25, -0.2) is 4.68 Å². The minimum absolute atomic E-state index is 0.0510. The van der Waals surface area contributed by atoms with Gasteiger partial charge >= 0.3 is 6.18 Å². The topological polar surface area (TPSA) is 102 Å². The number of methoxy groups -OCH3 is 1. The second-order valence-corrected chi connectivity index (χ2v) is 11.8. The van der Waals surface area contributed by atoms with Crippen LogP contribution < -0.4 is 5.32 Å². The maximum Gasteiger partial charge on any atom is 0.416 e. The third-order valence-electron chi connectivity index (χ3n) is 7.86. The molecule has 3 heterocycles. The standard InChI is InChI=1S/C30H43F3N6O4/c1-21(2)19-38(20-22-15-23(18-34-17-22)28(40)37-10-13-43-14-11-37)29(41)27-26(9-4-5-12-42-3)39(36-35-27)25-8-6-7-24(16-25)30(31,32)33/h6-8,16,21-23,34H,4-5,9-15,17-20H2,1-3H3/t22-,23+/m0/s1. The van der Waals surface area contributed by atoms with Gasteiger partial charge in [-0.3, -0.25) is 9.59 Å². The van der Waals surface area contributed by atoms with E-state index in [0.717, 1.165) is 12.1 Å². The van der Waals surface area contributed by atoms with Crippen molar-refractivity contribution in [2.75, 3.05) is 66.2 Å². The molecule has 1 aromatic heterocycles. The van der Waals surface area contributed by atoms with Crippen LogP contribution in [0.4, 0.5) is 13.2 Å². The minimum Gasteiger partial charge on any atom is -0.385 e. The van der Waals surface area contributed by atoms with Crippen LogP contribution in [-0.4, -0.2) is 103 Å². The van der Waals surface area contributed by atoms with E-state index in [-0.39, 0.29) is 40.9 Å². The largest absolute Gasteiger partial charge is 0.416 e. The maximum atomic E-state index is 14.1. The minimum atomic E-state index is -4.52. The highest BCUT2D eigenvalue weighted by atomic mass is 19.4. The lowest BCUT2D eigenvalue weighted by Gasteiger charge is -2.36.